The van der Waals surface area contributed by atoms with E-state index in [-0.39, 0.29) is 0 Å². The zero-order chi connectivity index (χ0) is 26.9. The Morgan fingerprint density at radius 3 is 1.80 bits per heavy atom. The lowest BCUT2D eigenvalue weighted by Crippen LogP contribution is -1.98. The van der Waals surface area contributed by atoms with Gasteiger partial charge in [-0.2, -0.15) is 0 Å². The molecule has 3 nitrogen and oxygen atoms in total. The molecule has 0 unspecified atom stereocenters. The smallest absolute Gasteiger partial charge is 0.145 e. The number of imidazole rings is 1. The molecule has 0 N–H and O–H groups in total. The van der Waals surface area contributed by atoms with Crippen molar-refractivity contribution in [2.24, 2.45) is 0 Å². The van der Waals surface area contributed by atoms with Crippen LogP contribution in [0.5, 0.6) is 0 Å². The molecule has 6 aromatic carbocycles. The molecular weight excluding hydrogens is 518 g/mol. The van der Waals surface area contributed by atoms with Crippen LogP contribution in [-0.2, 0) is 0 Å². The van der Waals surface area contributed by atoms with Crippen LogP contribution in [0, 0.1) is 0 Å². The molecule has 0 saturated carbocycles. The Balaban J connectivity index is 1.62. The summed E-state index contributed by atoms with van der Waals surface area (Å²) in [6.07, 6.45) is 0. The molecule has 0 atom stereocenters. The lowest BCUT2D eigenvalue weighted by atomic mass is 10.1. The van der Waals surface area contributed by atoms with Crippen LogP contribution >= 0.6 is 11.3 Å². The van der Waals surface area contributed by atoms with Crippen molar-refractivity contribution in [1.29, 1.82) is 0 Å². The van der Waals surface area contributed by atoms with Crippen LogP contribution in [0.25, 0.3) is 75.8 Å². The van der Waals surface area contributed by atoms with Crippen molar-refractivity contribution in [3.8, 4) is 22.8 Å². The molecule has 0 radical (unpaired) electrons. The number of nitrogens with zero attached hydrogens (tertiary/aromatic N) is 3. The quantitative estimate of drug-likeness (QED) is 0.218. The van der Waals surface area contributed by atoms with Crippen molar-refractivity contribution < 1.29 is 0 Å². The van der Waals surface area contributed by atoms with E-state index < -0.39 is 0 Å². The van der Waals surface area contributed by atoms with E-state index in [1.54, 1.807) is 0 Å². The van der Waals surface area contributed by atoms with Crippen LogP contribution < -0.4 is 0 Å². The lowest BCUT2D eigenvalue weighted by Gasteiger charge is -2.12. The van der Waals surface area contributed by atoms with Gasteiger partial charge in [0.15, 0.2) is 0 Å². The molecule has 41 heavy (non-hydrogen) atoms. The lowest BCUT2D eigenvalue weighted by molar-refractivity contribution is 1.11. The van der Waals surface area contributed by atoms with Gasteiger partial charge in [-0.15, -0.1) is 11.3 Å². The molecule has 0 aliphatic heterocycles. The van der Waals surface area contributed by atoms with Gasteiger partial charge in [0.1, 0.15) is 11.3 Å². The summed E-state index contributed by atoms with van der Waals surface area (Å²) in [6, 6.07) is 49.5. The second-order valence-corrected chi connectivity index (χ2v) is 11.4. The number of para-hydroxylation sites is 3. The molecule has 9 aromatic rings. The summed E-state index contributed by atoms with van der Waals surface area (Å²) in [5.41, 5.74) is 7.96. The summed E-state index contributed by atoms with van der Waals surface area (Å²) in [5.74, 6) is 0.951. The van der Waals surface area contributed by atoms with Crippen LogP contribution in [0.3, 0.4) is 0 Å². The average Bonchev–Trinajstić information content (AvgIpc) is 3.72. The van der Waals surface area contributed by atoms with Gasteiger partial charge in [0.2, 0.25) is 0 Å². The van der Waals surface area contributed by atoms with E-state index in [0.717, 1.165) is 33.8 Å². The third-order valence-corrected chi connectivity index (χ3v) is 9.27. The molecule has 0 fully saturated rings. The van der Waals surface area contributed by atoms with Gasteiger partial charge >= 0.3 is 0 Å². The normalized spacial score (nSPS) is 11.9. The maximum atomic E-state index is 5.54. The summed E-state index contributed by atoms with van der Waals surface area (Å²) in [4.78, 5) is 5.54. The highest BCUT2D eigenvalue weighted by atomic mass is 32.1. The van der Waals surface area contributed by atoms with Crippen LogP contribution in [-0.4, -0.2) is 14.1 Å². The fraction of sp³-hybridized carbons (Fsp3) is 0. The minimum absolute atomic E-state index is 0.951. The first kappa shape index (κ1) is 22.6. The fourth-order valence-corrected chi connectivity index (χ4v) is 7.67. The SMILES string of the molecule is c1ccc(-c2nc3c4c5ccccc5n(-c5ccccc5)c4c4sc5ccccc5c4c3n2-c2ccccc2)cc1. The number of hydrogen-bond donors (Lipinski definition) is 0. The van der Waals surface area contributed by atoms with E-state index >= 15 is 0 Å². The summed E-state index contributed by atoms with van der Waals surface area (Å²) < 4.78 is 7.37. The monoisotopic (exact) mass is 541 g/mol. The standard InChI is InChI=1S/C37H23N3S/c1-4-14-24(15-5-1)37-38-33-31-27-20-10-12-22-29(27)39(25-16-6-2-7-17-25)35(31)36-32(28-21-11-13-23-30(28)41-36)34(33)40(37)26-18-8-3-9-19-26/h1-23H. The first-order valence-electron chi connectivity index (χ1n) is 13.8. The second-order valence-electron chi connectivity index (χ2n) is 10.4. The first-order chi connectivity index (χ1) is 20.4. The Morgan fingerprint density at radius 1 is 0.488 bits per heavy atom. The largest absolute Gasteiger partial charge is 0.308 e. The second kappa shape index (κ2) is 8.65. The minimum atomic E-state index is 0.951. The maximum absolute atomic E-state index is 5.54. The van der Waals surface area contributed by atoms with Gasteiger partial charge < -0.3 is 4.57 Å². The Morgan fingerprint density at radius 2 is 1.07 bits per heavy atom. The topological polar surface area (TPSA) is 22.8 Å². The molecular formula is C37H23N3S. The molecule has 3 heterocycles. The van der Waals surface area contributed by atoms with Gasteiger partial charge in [0.25, 0.3) is 0 Å². The van der Waals surface area contributed by atoms with Crippen LogP contribution in [0.15, 0.2) is 140 Å². The highest BCUT2D eigenvalue weighted by Gasteiger charge is 2.26. The van der Waals surface area contributed by atoms with Crippen LogP contribution in [0.1, 0.15) is 0 Å². The molecule has 0 bridgehead atoms. The number of aromatic nitrogens is 3. The van der Waals surface area contributed by atoms with E-state index in [9.17, 15) is 0 Å². The van der Waals surface area contributed by atoms with Crippen molar-refractivity contribution in [3.63, 3.8) is 0 Å². The number of rotatable bonds is 3. The number of benzene rings is 6. The Bertz CT molecular complexity index is 2400. The maximum Gasteiger partial charge on any atom is 0.145 e. The van der Waals surface area contributed by atoms with E-state index in [1.165, 1.54) is 42.0 Å². The third kappa shape index (κ3) is 3.17. The Kier molecular flexibility index (Phi) is 4.77. The molecule has 0 aliphatic carbocycles. The minimum Gasteiger partial charge on any atom is -0.308 e. The molecule has 3 aromatic heterocycles. The van der Waals surface area contributed by atoms with Crippen molar-refractivity contribution in [1.82, 2.24) is 14.1 Å². The summed E-state index contributed by atoms with van der Waals surface area (Å²) in [6.45, 7) is 0. The number of hydrogen-bond acceptors (Lipinski definition) is 2. The molecule has 0 saturated heterocycles. The predicted molar refractivity (Wildman–Crippen MR) is 174 cm³/mol. The zero-order valence-corrected chi connectivity index (χ0v) is 22.8. The van der Waals surface area contributed by atoms with Crippen molar-refractivity contribution in [2.45, 2.75) is 0 Å². The van der Waals surface area contributed by atoms with Crippen molar-refractivity contribution in [2.75, 3.05) is 0 Å². The van der Waals surface area contributed by atoms with Gasteiger partial charge in [-0.05, 0) is 36.4 Å². The first-order valence-corrected chi connectivity index (χ1v) is 14.7. The number of thiophene rings is 1. The van der Waals surface area contributed by atoms with E-state index in [1.807, 2.05) is 11.3 Å². The van der Waals surface area contributed by atoms with Crippen LogP contribution in [0.4, 0.5) is 0 Å². The van der Waals surface area contributed by atoms with Gasteiger partial charge in [0.05, 0.1) is 21.3 Å². The Hall–Kier alpha value is -5.19. The Labute approximate surface area is 240 Å². The fourth-order valence-electron chi connectivity index (χ4n) is 6.42. The number of fused-ring (bicyclic) bond motifs is 10. The van der Waals surface area contributed by atoms with E-state index in [0.29, 0.717) is 0 Å². The molecule has 9 rings (SSSR count). The molecule has 0 aliphatic rings. The molecule has 192 valence electrons. The van der Waals surface area contributed by atoms with Crippen molar-refractivity contribution in [3.05, 3.63) is 140 Å². The average molecular weight is 542 g/mol. The van der Waals surface area contributed by atoms with Crippen molar-refractivity contribution >= 4 is 64.3 Å². The van der Waals surface area contributed by atoms with E-state index in [2.05, 4.69) is 149 Å². The van der Waals surface area contributed by atoms with E-state index in [4.69, 9.17) is 4.98 Å². The summed E-state index contributed by atoms with van der Waals surface area (Å²) in [7, 11) is 0. The van der Waals surface area contributed by atoms with Gasteiger partial charge in [-0.25, -0.2) is 4.98 Å². The molecule has 0 amide bonds. The van der Waals surface area contributed by atoms with Gasteiger partial charge in [-0.3, -0.25) is 4.57 Å². The molecule has 4 heteroatoms. The highest BCUT2D eigenvalue weighted by molar-refractivity contribution is 7.27. The van der Waals surface area contributed by atoms with Gasteiger partial charge in [-0.1, -0.05) is 103 Å². The zero-order valence-electron chi connectivity index (χ0n) is 22.0. The predicted octanol–water partition coefficient (Wildman–Crippen LogP) is 10.2. The third-order valence-electron chi connectivity index (χ3n) is 8.10. The molecule has 0 spiro atoms. The highest BCUT2D eigenvalue weighted by Crippen LogP contribution is 2.49. The summed E-state index contributed by atoms with van der Waals surface area (Å²) >= 11 is 1.88. The van der Waals surface area contributed by atoms with Gasteiger partial charge in [0, 0.05) is 43.2 Å². The van der Waals surface area contributed by atoms with Crippen LogP contribution in [0.2, 0.25) is 0 Å². The summed E-state index contributed by atoms with van der Waals surface area (Å²) in [5, 5.41) is 4.94.